The monoisotopic (exact) mass is 246 g/mol. The summed E-state index contributed by atoms with van der Waals surface area (Å²) >= 11 is 1.72. The van der Waals surface area contributed by atoms with Crippen molar-refractivity contribution in [1.82, 2.24) is 15.2 Å². The van der Waals surface area contributed by atoms with Crippen molar-refractivity contribution in [2.45, 2.75) is 12.8 Å². The lowest BCUT2D eigenvalue weighted by Crippen LogP contribution is -2.22. The summed E-state index contributed by atoms with van der Waals surface area (Å²) in [6.45, 7) is 2.31. The van der Waals surface area contributed by atoms with Crippen LogP contribution < -0.4 is 4.90 Å². The number of H-pyrrole nitrogens is 1. The van der Waals surface area contributed by atoms with E-state index in [1.807, 2.05) is 0 Å². The molecule has 1 aliphatic carbocycles. The van der Waals surface area contributed by atoms with Crippen molar-refractivity contribution in [3.05, 3.63) is 28.2 Å². The van der Waals surface area contributed by atoms with E-state index in [4.69, 9.17) is 0 Å². The number of aromatic amines is 1. The number of fused-ring (bicyclic) bond motifs is 1. The van der Waals surface area contributed by atoms with Gasteiger partial charge >= 0.3 is 0 Å². The minimum Gasteiger partial charge on any atom is -0.339 e. The van der Waals surface area contributed by atoms with Crippen molar-refractivity contribution in [3.63, 3.8) is 0 Å². The molecule has 2 aliphatic rings. The van der Waals surface area contributed by atoms with E-state index in [1.54, 1.807) is 11.3 Å². The Morgan fingerprint density at radius 1 is 1.41 bits per heavy atom. The number of rotatable bonds is 3. The first kappa shape index (κ1) is 9.65. The Hall–Kier alpha value is -1.36. The molecule has 5 heteroatoms. The van der Waals surface area contributed by atoms with Gasteiger partial charge in [0.1, 0.15) is 5.82 Å². The first-order valence-electron chi connectivity index (χ1n) is 6.06. The molecule has 0 radical (unpaired) electrons. The molecule has 2 aromatic heterocycles. The van der Waals surface area contributed by atoms with E-state index in [0.717, 1.165) is 43.1 Å². The maximum Gasteiger partial charge on any atom is 0.244 e. The molecular formula is C12H14N4S. The van der Waals surface area contributed by atoms with Gasteiger partial charge in [0.15, 0.2) is 0 Å². The SMILES string of the molecule is c1cc(Cc2nc(N3CC4CC4C3)n[nH]2)cs1. The molecule has 1 N–H and O–H groups in total. The predicted octanol–water partition coefficient (Wildman–Crippen LogP) is 1.91. The molecule has 1 aliphatic heterocycles. The fraction of sp³-hybridized carbons (Fsp3) is 0.500. The maximum absolute atomic E-state index is 4.59. The molecule has 4 nitrogen and oxygen atoms in total. The first-order chi connectivity index (χ1) is 8.38. The molecule has 4 rings (SSSR count). The summed E-state index contributed by atoms with van der Waals surface area (Å²) in [6.07, 6.45) is 2.28. The molecule has 0 bridgehead atoms. The highest BCUT2D eigenvalue weighted by atomic mass is 32.1. The van der Waals surface area contributed by atoms with Crippen LogP contribution in [0.5, 0.6) is 0 Å². The Kier molecular flexibility index (Phi) is 2.02. The zero-order valence-electron chi connectivity index (χ0n) is 9.47. The van der Waals surface area contributed by atoms with Gasteiger partial charge in [0.05, 0.1) is 0 Å². The summed E-state index contributed by atoms with van der Waals surface area (Å²) in [4.78, 5) is 6.90. The smallest absolute Gasteiger partial charge is 0.244 e. The topological polar surface area (TPSA) is 44.8 Å². The first-order valence-corrected chi connectivity index (χ1v) is 7.00. The van der Waals surface area contributed by atoms with Gasteiger partial charge in [-0.25, -0.2) is 0 Å². The number of hydrogen-bond donors (Lipinski definition) is 1. The molecule has 2 aromatic rings. The van der Waals surface area contributed by atoms with E-state index in [1.165, 1.54) is 12.0 Å². The Labute approximate surface area is 104 Å². The highest BCUT2D eigenvalue weighted by Crippen LogP contribution is 2.45. The molecule has 17 heavy (non-hydrogen) atoms. The second kappa shape index (κ2) is 3.57. The molecule has 2 unspecified atom stereocenters. The molecule has 0 aromatic carbocycles. The fourth-order valence-electron chi connectivity index (χ4n) is 2.65. The minimum absolute atomic E-state index is 0.858. The van der Waals surface area contributed by atoms with E-state index in [2.05, 4.69) is 36.9 Å². The van der Waals surface area contributed by atoms with Crippen LogP contribution in [0.25, 0.3) is 0 Å². The van der Waals surface area contributed by atoms with Crippen LogP contribution in [0.1, 0.15) is 17.8 Å². The van der Waals surface area contributed by atoms with Crippen molar-refractivity contribution in [2.24, 2.45) is 11.8 Å². The average Bonchev–Trinajstić information content (AvgIpc) is 2.87. The largest absolute Gasteiger partial charge is 0.339 e. The van der Waals surface area contributed by atoms with E-state index < -0.39 is 0 Å². The van der Waals surface area contributed by atoms with Crippen molar-refractivity contribution in [2.75, 3.05) is 18.0 Å². The third-order valence-corrected chi connectivity index (χ3v) is 4.47. The predicted molar refractivity (Wildman–Crippen MR) is 67.3 cm³/mol. The van der Waals surface area contributed by atoms with Gasteiger partial charge < -0.3 is 4.90 Å². The highest BCUT2D eigenvalue weighted by Gasteiger charge is 2.46. The number of anilines is 1. The van der Waals surface area contributed by atoms with E-state index in [9.17, 15) is 0 Å². The van der Waals surface area contributed by atoms with Gasteiger partial charge in [-0.1, -0.05) is 0 Å². The summed E-state index contributed by atoms with van der Waals surface area (Å²) < 4.78 is 0. The molecule has 1 saturated heterocycles. The summed E-state index contributed by atoms with van der Waals surface area (Å²) in [7, 11) is 0. The normalized spacial score (nSPS) is 26.2. The summed E-state index contributed by atoms with van der Waals surface area (Å²) in [6, 6.07) is 2.14. The Balaban J connectivity index is 1.49. The van der Waals surface area contributed by atoms with Crippen molar-refractivity contribution < 1.29 is 0 Å². The standard InChI is InChI=1S/C12H14N4S/c1-2-17-7-8(1)3-11-13-12(15-14-11)16-5-9-4-10(9)6-16/h1-2,7,9-10H,3-6H2,(H,13,14,15). The lowest BCUT2D eigenvalue weighted by Gasteiger charge is -2.14. The third kappa shape index (κ3) is 1.74. The van der Waals surface area contributed by atoms with Crippen molar-refractivity contribution in [3.8, 4) is 0 Å². The Bertz CT molecular complexity index is 508. The Morgan fingerprint density at radius 2 is 2.29 bits per heavy atom. The van der Waals surface area contributed by atoms with Crippen LogP contribution in [0.2, 0.25) is 0 Å². The number of piperidine rings is 1. The van der Waals surface area contributed by atoms with Gasteiger partial charge in [-0.15, -0.1) is 5.10 Å². The molecule has 2 atom stereocenters. The van der Waals surface area contributed by atoms with Crippen LogP contribution in [-0.2, 0) is 6.42 Å². The van der Waals surface area contributed by atoms with Crippen LogP contribution in [0.3, 0.4) is 0 Å². The zero-order valence-corrected chi connectivity index (χ0v) is 10.3. The molecule has 2 fully saturated rings. The molecule has 88 valence electrons. The summed E-state index contributed by atoms with van der Waals surface area (Å²) in [5, 5.41) is 11.6. The average molecular weight is 246 g/mol. The lowest BCUT2D eigenvalue weighted by molar-refractivity contribution is 0.789. The van der Waals surface area contributed by atoms with Crippen LogP contribution in [0.4, 0.5) is 5.95 Å². The summed E-state index contributed by atoms with van der Waals surface area (Å²) in [5.41, 5.74) is 1.31. The minimum atomic E-state index is 0.858. The van der Waals surface area contributed by atoms with Gasteiger partial charge in [0.2, 0.25) is 5.95 Å². The number of hydrogen-bond acceptors (Lipinski definition) is 4. The van der Waals surface area contributed by atoms with E-state index in [0.29, 0.717) is 0 Å². The van der Waals surface area contributed by atoms with Crippen LogP contribution in [0.15, 0.2) is 16.8 Å². The Morgan fingerprint density at radius 3 is 3.06 bits per heavy atom. The lowest BCUT2D eigenvalue weighted by atomic mass is 10.2. The quantitative estimate of drug-likeness (QED) is 0.900. The molecule has 1 saturated carbocycles. The highest BCUT2D eigenvalue weighted by molar-refractivity contribution is 7.07. The van der Waals surface area contributed by atoms with Gasteiger partial charge in [-0.2, -0.15) is 16.3 Å². The fourth-order valence-corrected chi connectivity index (χ4v) is 3.32. The van der Waals surface area contributed by atoms with Gasteiger partial charge in [0, 0.05) is 19.5 Å². The van der Waals surface area contributed by atoms with Crippen LogP contribution in [-0.4, -0.2) is 28.3 Å². The van der Waals surface area contributed by atoms with Gasteiger partial charge in [0.25, 0.3) is 0 Å². The van der Waals surface area contributed by atoms with Crippen molar-refractivity contribution >= 4 is 17.3 Å². The van der Waals surface area contributed by atoms with Gasteiger partial charge in [-0.3, -0.25) is 5.10 Å². The molecular weight excluding hydrogens is 232 g/mol. The summed E-state index contributed by atoms with van der Waals surface area (Å²) in [5.74, 6) is 3.71. The third-order valence-electron chi connectivity index (χ3n) is 3.73. The van der Waals surface area contributed by atoms with Crippen LogP contribution >= 0.6 is 11.3 Å². The molecule has 3 heterocycles. The number of nitrogens with one attached hydrogen (secondary N) is 1. The second-order valence-corrected chi connectivity index (χ2v) is 5.83. The molecule has 0 amide bonds. The number of nitrogens with zero attached hydrogens (tertiary/aromatic N) is 3. The number of thiophene rings is 1. The number of aromatic nitrogens is 3. The second-order valence-electron chi connectivity index (χ2n) is 5.05. The zero-order chi connectivity index (χ0) is 11.2. The van der Waals surface area contributed by atoms with E-state index >= 15 is 0 Å². The van der Waals surface area contributed by atoms with Gasteiger partial charge in [-0.05, 0) is 40.6 Å². The van der Waals surface area contributed by atoms with Crippen LogP contribution in [0, 0.1) is 11.8 Å². The molecule has 0 spiro atoms. The van der Waals surface area contributed by atoms with Crippen molar-refractivity contribution in [1.29, 1.82) is 0 Å². The maximum atomic E-state index is 4.59. The van der Waals surface area contributed by atoms with E-state index in [-0.39, 0.29) is 0 Å².